The van der Waals surface area contributed by atoms with Crippen molar-refractivity contribution in [3.8, 4) is 0 Å². The maximum absolute atomic E-state index is 12.5. The number of aryl methyl sites for hydroxylation is 2. The summed E-state index contributed by atoms with van der Waals surface area (Å²) in [4.78, 5) is 21.0. The lowest BCUT2D eigenvalue weighted by Gasteiger charge is -2.08. The maximum atomic E-state index is 12.5. The summed E-state index contributed by atoms with van der Waals surface area (Å²) in [5.74, 6) is -0.245. The number of anilines is 1. The first kappa shape index (κ1) is 17.6. The van der Waals surface area contributed by atoms with Gasteiger partial charge < -0.3 is 5.32 Å². The van der Waals surface area contributed by atoms with E-state index in [9.17, 15) is 13.2 Å². The quantitative estimate of drug-likeness (QED) is 0.685. The number of fused-ring (bicyclic) bond motifs is 1. The highest BCUT2D eigenvalue weighted by atomic mass is 32.2. The molecule has 1 aromatic carbocycles. The third kappa shape index (κ3) is 3.67. The summed E-state index contributed by atoms with van der Waals surface area (Å²) in [7, 11) is -3.60. The summed E-state index contributed by atoms with van der Waals surface area (Å²) in [5.41, 5.74) is 1.93. The molecule has 10 heteroatoms. The minimum Gasteiger partial charge on any atom is -0.319 e. The Balaban J connectivity index is 1.58. The van der Waals surface area contributed by atoms with E-state index in [1.807, 2.05) is 19.9 Å². The Kier molecular flexibility index (Phi) is 4.16. The fourth-order valence-electron chi connectivity index (χ4n) is 2.68. The smallest absolute Gasteiger partial charge is 0.295 e. The first-order valence-corrected chi connectivity index (χ1v) is 9.95. The predicted octanol–water partition coefficient (Wildman–Crippen LogP) is 1.43. The van der Waals surface area contributed by atoms with Crippen LogP contribution in [-0.4, -0.2) is 39.9 Å². The Morgan fingerprint density at radius 3 is 2.70 bits per heavy atom. The van der Waals surface area contributed by atoms with E-state index in [0.29, 0.717) is 11.5 Å². The van der Waals surface area contributed by atoms with Crippen molar-refractivity contribution >= 4 is 27.4 Å². The lowest BCUT2D eigenvalue weighted by molar-refractivity contribution is 0.101. The summed E-state index contributed by atoms with van der Waals surface area (Å²) in [6, 6.07) is 7.92. The van der Waals surface area contributed by atoms with Gasteiger partial charge in [0, 0.05) is 23.1 Å². The highest BCUT2D eigenvalue weighted by Gasteiger charge is 2.28. The molecule has 2 aromatic heterocycles. The SMILES string of the molecule is Cc1cc(C)n2nc(C(=O)Nc3cccc(S(=O)(=O)NC4CC4)c3)nc2n1. The normalized spacial score (nSPS) is 14.4. The van der Waals surface area contributed by atoms with Crippen molar-refractivity contribution in [2.75, 3.05) is 5.32 Å². The average molecular weight is 386 g/mol. The second-order valence-electron chi connectivity index (χ2n) is 6.56. The number of sulfonamides is 1. The molecule has 1 aliphatic rings. The van der Waals surface area contributed by atoms with Gasteiger partial charge in [-0.05, 0) is 51.0 Å². The second kappa shape index (κ2) is 6.39. The van der Waals surface area contributed by atoms with Gasteiger partial charge in [-0.3, -0.25) is 4.79 Å². The van der Waals surface area contributed by atoms with Gasteiger partial charge in [0.05, 0.1) is 4.90 Å². The Morgan fingerprint density at radius 2 is 1.96 bits per heavy atom. The van der Waals surface area contributed by atoms with Crippen LogP contribution in [0.4, 0.5) is 5.69 Å². The number of carbonyl (C=O) groups is 1. The first-order valence-electron chi connectivity index (χ1n) is 8.46. The van der Waals surface area contributed by atoms with E-state index in [-0.39, 0.29) is 16.8 Å². The molecule has 9 nitrogen and oxygen atoms in total. The third-order valence-electron chi connectivity index (χ3n) is 4.12. The number of rotatable bonds is 5. The summed E-state index contributed by atoms with van der Waals surface area (Å²) in [6.07, 6.45) is 1.70. The number of hydrogen-bond acceptors (Lipinski definition) is 6. The highest BCUT2D eigenvalue weighted by molar-refractivity contribution is 7.89. The molecule has 2 heterocycles. The minimum absolute atomic E-state index is 0.00890. The molecule has 1 aliphatic carbocycles. The van der Waals surface area contributed by atoms with Crippen molar-refractivity contribution in [2.24, 2.45) is 0 Å². The Labute approximate surface area is 155 Å². The number of nitrogens with one attached hydrogen (secondary N) is 2. The van der Waals surface area contributed by atoms with Crippen molar-refractivity contribution in [1.82, 2.24) is 24.3 Å². The molecule has 0 radical (unpaired) electrons. The van der Waals surface area contributed by atoms with E-state index >= 15 is 0 Å². The van der Waals surface area contributed by atoms with Crippen molar-refractivity contribution in [2.45, 2.75) is 37.6 Å². The molecule has 0 spiro atoms. The molecule has 3 aromatic rings. The summed E-state index contributed by atoms with van der Waals surface area (Å²) in [6.45, 7) is 3.68. The Morgan fingerprint density at radius 1 is 1.19 bits per heavy atom. The van der Waals surface area contributed by atoms with Gasteiger partial charge in [-0.25, -0.2) is 22.6 Å². The van der Waals surface area contributed by atoms with Gasteiger partial charge in [-0.1, -0.05) is 6.07 Å². The van der Waals surface area contributed by atoms with Gasteiger partial charge in [-0.2, -0.15) is 4.98 Å². The van der Waals surface area contributed by atoms with Crippen molar-refractivity contribution < 1.29 is 13.2 Å². The van der Waals surface area contributed by atoms with E-state index in [0.717, 1.165) is 24.2 Å². The second-order valence-corrected chi connectivity index (χ2v) is 8.28. The molecule has 0 aliphatic heterocycles. The van der Waals surface area contributed by atoms with E-state index in [1.54, 1.807) is 12.1 Å². The number of nitrogens with zero attached hydrogens (tertiary/aromatic N) is 4. The van der Waals surface area contributed by atoms with Gasteiger partial charge in [0.25, 0.3) is 11.7 Å². The molecule has 0 unspecified atom stereocenters. The van der Waals surface area contributed by atoms with Gasteiger partial charge >= 0.3 is 0 Å². The molecule has 1 fully saturated rings. The molecular formula is C17H18N6O3S. The monoisotopic (exact) mass is 386 g/mol. The minimum atomic E-state index is -3.60. The van der Waals surface area contributed by atoms with Crippen LogP contribution in [0, 0.1) is 13.8 Å². The molecule has 1 saturated carbocycles. The zero-order chi connectivity index (χ0) is 19.2. The van der Waals surface area contributed by atoms with Crippen LogP contribution in [0.3, 0.4) is 0 Å². The van der Waals surface area contributed by atoms with E-state index in [2.05, 4.69) is 25.1 Å². The topological polar surface area (TPSA) is 118 Å². The largest absolute Gasteiger partial charge is 0.319 e. The first-order chi connectivity index (χ1) is 12.8. The number of aromatic nitrogens is 4. The van der Waals surface area contributed by atoms with Crippen LogP contribution in [0.5, 0.6) is 0 Å². The van der Waals surface area contributed by atoms with Crippen LogP contribution in [0.1, 0.15) is 34.8 Å². The Hall–Kier alpha value is -2.85. The number of carbonyl (C=O) groups excluding carboxylic acids is 1. The van der Waals surface area contributed by atoms with Crippen molar-refractivity contribution in [3.63, 3.8) is 0 Å². The molecule has 1 amide bonds. The zero-order valence-corrected chi connectivity index (χ0v) is 15.6. The fraction of sp³-hybridized carbons (Fsp3) is 0.294. The van der Waals surface area contributed by atoms with Crippen LogP contribution in [0.25, 0.3) is 5.78 Å². The van der Waals surface area contributed by atoms with Crippen LogP contribution >= 0.6 is 0 Å². The number of amides is 1. The summed E-state index contributed by atoms with van der Waals surface area (Å²) in [5, 5.41) is 6.81. The molecule has 140 valence electrons. The van der Waals surface area contributed by atoms with Gasteiger partial charge in [0.2, 0.25) is 15.8 Å². The third-order valence-corrected chi connectivity index (χ3v) is 5.64. The highest BCUT2D eigenvalue weighted by Crippen LogP contribution is 2.23. The van der Waals surface area contributed by atoms with Crippen LogP contribution in [0.15, 0.2) is 35.2 Å². The average Bonchev–Trinajstić information content (AvgIpc) is 3.29. The lowest BCUT2D eigenvalue weighted by atomic mass is 10.3. The molecular weight excluding hydrogens is 368 g/mol. The van der Waals surface area contributed by atoms with E-state index < -0.39 is 15.9 Å². The Bertz CT molecular complexity index is 1150. The standard InChI is InChI=1S/C17H18N6O3S/c1-10-8-11(2)23-17(18-10)20-15(21-23)16(24)19-13-4-3-5-14(9-13)27(25,26)22-12-6-7-12/h3-5,8-9,12,22H,6-7H2,1-2H3,(H,19,24). The molecule has 27 heavy (non-hydrogen) atoms. The lowest BCUT2D eigenvalue weighted by Crippen LogP contribution is -2.25. The van der Waals surface area contributed by atoms with Crippen LogP contribution in [-0.2, 0) is 10.0 Å². The van der Waals surface area contributed by atoms with Crippen LogP contribution < -0.4 is 10.0 Å². The van der Waals surface area contributed by atoms with E-state index in [4.69, 9.17) is 0 Å². The predicted molar refractivity (Wildman–Crippen MR) is 98.0 cm³/mol. The number of hydrogen-bond donors (Lipinski definition) is 2. The molecule has 0 bridgehead atoms. The molecule has 2 N–H and O–H groups in total. The van der Waals surface area contributed by atoms with Gasteiger partial charge in [0.15, 0.2) is 0 Å². The molecule has 4 rings (SSSR count). The van der Waals surface area contributed by atoms with Gasteiger partial charge in [0.1, 0.15) is 0 Å². The molecule has 0 saturated heterocycles. The fourth-order valence-corrected chi connectivity index (χ4v) is 4.03. The van der Waals surface area contributed by atoms with E-state index in [1.165, 1.54) is 16.6 Å². The van der Waals surface area contributed by atoms with Gasteiger partial charge in [-0.15, -0.1) is 5.10 Å². The summed E-state index contributed by atoms with van der Waals surface area (Å²) >= 11 is 0. The van der Waals surface area contributed by atoms with Crippen molar-refractivity contribution in [3.05, 3.63) is 47.5 Å². The molecule has 0 atom stereocenters. The number of benzene rings is 1. The zero-order valence-electron chi connectivity index (χ0n) is 14.8. The van der Waals surface area contributed by atoms with Crippen molar-refractivity contribution in [1.29, 1.82) is 0 Å². The van der Waals surface area contributed by atoms with Crippen LogP contribution in [0.2, 0.25) is 0 Å². The maximum Gasteiger partial charge on any atom is 0.295 e. The summed E-state index contributed by atoms with van der Waals surface area (Å²) < 4.78 is 28.7.